The van der Waals surface area contributed by atoms with Gasteiger partial charge in [0.15, 0.2) is 0 Å². The molecule has 0 heterocycles. The zero-order chi connectivity index (χ0) is 43.1. The van der Waals surface area contributed by atoms with Crippen molar-refractivity contribution in [1.29, 1.82) is 0 Å². The van der Waals surface area contributed by atoms with Crippen molar-refractivity contribution < 1.29 is 72.3 Å². The molecule has 0 unspecified atom stereocenters. The van der Waals surface area contributed by atoms with Crippen molar-refractivity contribution >= 4 is 30.3 Å². The molecule has 0 aliphatic carbocycles. The number of nitrogens with zero attached hydrogens (tertiary/aromatic N) is 2. The Morgan fingerprint density at radius 3 is 1.31 bits per heavy atom. The van der Waals surface area contributed by atoms with Crippen molar-refractivity contribution in [3.8, 4) is 11.5 Å². The topological polar surface area (TPSA) is 249 Å². The van der Waals surface area contributed by atoms with E-state index in [1.54, 1.807) is 26.0 Å². The van der Waals surface area contributed by atoms with Crippen LogP contribution in [0.5, 0.6) is 11.5 Å². The number of nitro benzene ring substituents is 1. The Labute approximate surface area is 319 Å². The summed E-state index contributed by atoms with van der Waals surface area (Å²) < 4.78 is 38.5. The SMILES string of the molecule is COC(=O)OCC(C)(C)c1cc(C(C)(C)C)c([N+](=O)[O-])cc1OC(=O)OC.COC(=O)OCC(C)(C)c1cc(C(C)(C)C)ccc1OC(=O)OC.O=[N+]([O-])O. The third-order valence-corrected chi connectivity index (χ3v) is 7.56. The summed E-state index contributed by atoms with van der Waals surface area (Å²) in [5.74, 6) is 0.327. The molecule has 0 amide bonds. The molecular formula is C36H52N2O17. The van der Waals surface area contributed by atoms with Crippen LogP contribution >= 0.6 is 0 Å². The van der Waals surface area contributed by atoms with Gasteiger partial charge in [0.05, 0.1) is 39.4 Å². The van der Waals surface area contributed by atoms with Crippen molar-refractivity contribution in [3.63, 3.8) is 0 Å². The molecular weight excluding hydrogens is 732 g/mol. The number of carbonyl (C=O) groups is 4. The van der Waals surface area contributed by atoms with E-state index in [1.807, 2.05) is 46.8 Å². The van der Waals surface area contributed by atoms with Gasteiger partial charge in [-0.25, -0.2) is 19.2 Å². The second-order valence-corrected chi connectivity index (χ2v) is 14.9. The number of ether oxygens (including phenoxy) is 8. The highest BCUT2D eigenvalue weighted by Gasteiger charge is 2.35. The Hall–Kier alpha value is -5.88. The van der Waals surface area contributed by atoms with Crippen LogP contribution in [0.2, 0.25) is 0 Å². The van der Waals surface area contributed by atoms with Gasteiger partial charge in [0.2, 0.25) is 0 Å². The van der Waals surface area contributed by atoms with E-state index in [0.29, 0.717) is 16.9 Å². The van der Waals surface area contributed by atoms with Crippen LogP contribution in [0.3, 0.4) is 0 Å². The molecule has 19 heteroatoms. The first kappa shape index (κ1) is 49.1. The van der Waals surface area contributed by atoms with Crippen LogP contribution in [0.15, 0.2) is 30.3 Å². The van der Waals surface area contributed by atoms with Gasteiger partial charge in [-0.05, 0) is 28.5 Å². The van der Waals surface area contributed by atoms with Gasteiger partial charge in [-0.3, -0.25) is 10.1 Å². The fraction of sp³-hybridized carbons (Fsp3) is 0.556. The molecule has 0 fully saturated rings. The first-order chi connectivity index (χ1) is 25.1. The summed E-state index contributed by atoms with van der Waals surface area (Å²) >= 11 is 0. The summed E-state index contributed by atoms with van der Waals surface area (Å²) in [6.07, 6.45) is -3.44. The highest BCUT2D eigenvalue weighted by atomic mass is 16.9. The van der Waals surface area contributed by atoms with Gasteiger partial charge in [0.25, 0.3) is 10.8 Å². The fourth-order valence-electron chi connectivity index (χ4n) is 4.56. The standard InChI is InChI=1S/C18H25NO8.C18H26O6.HNO3/c1-17(2,3)11-8-12(18(4,5)10-26-15(20)24-6)14(27-16(21)25-7)9-13(11)19(22)23;1-17(2,3)12-8-9-14(24-16(20)22-7)13(10-12)18(4,5)11-23-15(19)21-6;2-1(3)4/h8-9H,10H2,1-7H3;8-10H,11H2,1-7H3;(H,2,3,4). The number of methoxy groups -OCH3 is 4. The van der Waals surface area contributed by atoms with E-state index in [-0.39, 0.29) is 30.1 Å². The Kier molecular flexibility index (Phi) is 18.3. The molecule has 0 saturated carbocycles. The maximum Gasteiger partial charge on any atom is 0.513 e. The molecule has 0 radical (unpaired) electrons. The molecule has 19 nitrogen and oxygen atoms in total. The van der Waals surface area contributed by atoms with E-state index in [9.17, 15) is 29.3 Å². The van der Waals surface area contributed by atoms with Crippen LogP contribution in [-0.2, 0) is 50.1 Å². The minimum Gasteiger partial charge on any atom is -0.438 e. The maximum atomic E-state index is 11.6. The lowest BCUT2D eigenvalue weighted by atomic mass is 9.78. The van der Waals surface area contributed by atoms with Crippen molar-refractivity contribution in [2.75, 3.05) is 41.7 Å². The summed E-state index contributed by atoms with van der Waals surface area (Å²) in [5, 5.41) is 25.2. The third-order valence-electron chi connectivity index (χ3n) is 7.56. The minimum atomic E-state index is -1.50. The molecule has 0 aliphatic rings. The molecule has 0 aliphatic heterocycles. The molecule has 0 aromatic heterocycles. The van der Waals surface area contributed by atoms with Gasteiger partial charge in [0.1, 0.15) is 24.7 Å². The van der Waals surface area contributed by atoms with Gasteiger partial charge in [-0.15, -0.1) is 10.1 Å². The summed E-state index contributed by atoms with van der Waals surface area (Å²) in [4.78, 5) is 65.1. The van der Waals surface area contributed by atoms with E-state index in [2.05, 4.69) is 39.7 Å². The second-order valence-electron chi connectivity index (χ2n) is 14.9. The predicted molar refractivity (Wildman–Crippen MR) is 195 cm³/mol. The lowest BCUT2D eigenvalue weighted by molar-refractivity contribution is -0.742. The third kappa shape index (κ3) is 16.4. The molecule has 308 valence electrons. The molecule has 2 aromatic carbocycles. The monoisotopic (exact) mass is 784 g/mol. The van der Waals surface area contributed by atoms with E-state index in [1.165, 1.54) is 27.4 Å². The molecule has 0 spiro atoms. The molecule has 2 aromatic rings. The predicted octanol–water partition coefficient (Wildman–Crippen LogP) is 7.94. The largest absolute Gasteiger partial charge is 0.513 e. The molecule has 0 bridgehead atoms. The number of hydrogen-bond acceptors (Lipinski definition) is 16. The number of hydrogen-bond donors (Lipinski definition) is 1. The van der Waals surface area contributed by atoms with E-state index in [4.69, 9.17) is 34.3 Å². The van der Waals surface area contributed by atoms with E-state index < -0.39 is 50.9 Å². The molecule has 55 heavy (non-hydrogen) atoms. The number of rotatable bonds is 9. The molecule has 0 saturated heterocycles. The number of benzene rings is 2. The lowest BCUT2D eigenvalue weighted by Crippen LogP contribution is -2.28. The highest BCUT2D eigenvalue weighted by molar-refractivity contribution is 5.67. The van der Waals surface area contributed by atoms with Crippen molar-refractivity contribution in [3.05, 3.63) is 72.8 Å². The van der Waals surface area contributed by atoms with E-state index in [0.717, 1.165) is 18.2 Å². The highest BCUT2D eigenvalue weighted by Crippen LogP contribution is 2.42. The van der Waals surface area contributed by atoms with Crippen LogP contribution < -0.4 is 9.47 Å². The first-order valence-electron chi connectivity index (χ1n) is 16.3. The maximum absolute atomic E-state index is 11.6. The quantitative estimate of drug-likeness (QED) is 0.0832. The van der Waals surface area contributed by atoms with E-state index >= 15 is 0 Å². The van der Waals surface area contributed by atoms with Crippen LogP contribution in [0.4, 0.5) is 24.9 Å². The molecule has 1 N–H and O–H groups in total. The van der Waals surface area contributed by atoms with Gasteiger partial charge >= 0.3 is 24.6 Å². The summed E-state index contributed by atoms with van der Waals surface area (Å²) in [6, 6.07) is 8.37. The smallest absolute Gasteiger partial charge is 0.438 e. The average molecular weight is 785 g/mol. The van der Waals surface area contributed by atoms with Crippen LogP contribution in [0.25, 0.3) is 0 Å². The first-order valence-corrected chi connectivity index (χ1v) is 16.3. The van der Waals surface area contributed by atoms with Gasteiger partial charge in [-0.1, -0.05) is 81.4 Å². The Morgan fingerprint density at radius 2 is 0.964 bits per heavy atom. The Bertz CT molecular complexity index is 1670. The van der Waals surface area contributed by atoms with Crippen molar-refractivity contribution in [2.24, 2.45) is 0 Å². The Morgan fingerprint density at radius 1 is 0.582 bits per heavy atom. The number of carbonyl (C=O) groups excluding carboxylic acids is 4. The molecule has 0 atom stereocenters. The van der Waals surface area contributed by atoms with Crippen LogP contribution in [0, 0.1) is 20.2 Å². The second kappa shape index (κ2) is 20.5. The number of nitro groups is 1. The Balaban J connectivity index is 0.000000971. The van der Waals surface area contributed by atoms with Gasteiger partial charge < -0.3 is 43.1 Å². The van der Waals surface area contributed by atoms with Crippen molar-refractivity contribution in [2.45, 2.75) is 90.9 Å². The minimum absolute atomic E-state index is 0.0417. The van der Waals surface area contributed by atoms with Crippen LogP contribution in [0.1, 0.15) is 91.5 Å². The zero-order valence-electron chi connectivity index (χ0n) is 33.7. The summed E-state index contributed by atoms with van der Waals surface area (Å²) in [5.41, 5.74) is 0.446. The fourth-order valence-corrected chi connectivity index (χ4v) is 4.56. The average Bonchev–Trinajstić information content (AvgIpc) is 3.08. The summed E-state index contributed by atoms with van der Waals surface area (Å²) in [7, 11) is 4.81. The van der Waals surface area contributed by atoms with Gasteiger partial charge in [-0.2, -0.15) is 0 Å². The van der Waals surface area contributed by atoms with Crippen molar-refractivity contribution in [1.82, 2.24) is 0 Å². The zero-order valence-corrected chi connectivity index (χ0v) is 33.7. The van der Waals surface area contributed by atoms with Gasteiger partial charge in [0, 0.05) is 27.5 Å². The lowest BCUT2D eigenvalue weighted by Gasteiger charge is -2.29. The van der Waals surface area contributed by atoms with Crippen LogP contribution in [-0.4, -0.2) is 81.5 Å². The molecule has 2 rings (SSSR count). The summed E-state index contributed by atoms with van der Waals surface area (Å²) in [6.45, 7) is 19.0. The normalized spacial score (nSPS) is 11.2.